The predicted molar refractivity (Wildman–Crippen MR) is 71.3 cm³/mol. The van der Waals surface area contributed by atoms with Gasteiger partial charge in [-0.25, -0.2) is 4.98 Å². The van der Waals surface area contributed by atoms with Gasteiger partial charge in [-0.2, -0.15) is 13.2 Å². The Labute approximate surface area is 113 Å². The third-order valence-corrected chi connectivity index (χ3v) is 4.28. The van der Waals surface area contributed by atoms with Gasteiger partial charge in [-0.05, 0) is 24.1 Å². The summed E-state index contributed by atoms with van der Waals surface area (Å²) in [6.07, 6.45) is -4.33. The zero-order chi connectivity index (χ0) is 14.2. The second kappa shape index (κ2) is 5.09. The van der Waals surface area contributed by atoms with Gasteiger partial charge in [0.15, 0.2) is 0 Å². The molecular weight excluding hydrogens is 273 g/mol. The molecule has 1 aromatic heterocycles. The number of alkyl halides is 3. The van der Waals surface area contributed by atoms with Crippen LogP contribution in [0.3, 0.4) is 0 Å². The molecule has 0 radical (unpaired) electrons. The van der Waals surface area contributed by atoms with Gasteiger partial charge in [0, 0.05) is 12.5 Å². The van der Waals surface area contributed by atoms with Crippen LogP contribution in [-0.2, 0) is 6.18 Å². The Morgan fingerprint density at radius 2 is 2.00 bits per heavy atom. The molecule has 0 saturated heterocycles. The predicted octanol–water partition coefficient (Wildman–Crippen LogP) is 4.01. The number of rotatable bonds is 3. The average Bonchev–Trinajstić information content (AvgIpc) is 2.70. The molecule has 0 saturated carbocycles. The number of hydrogen-bond acceptors (Lipinski definition) is 3. The topological polar surface area (TPSA) is 38.9 Å². The number of aromatic nitrogens is 1. The van der Waals surface area contributed by atoms with Crippen LogP contribution in [0.5, 0.6) is 0 Å². The molecule has 1 atom stereocenters. The lowest BCUT2D eigenvalue weighted by Gasteiger charge is -2.15. The molecule has 0 amide bonds. The van der Waals surface area contributed by atoms with Gasteiger partial charge in [0.05, 0.1) is 20.8 Å². The van der Waals surface area contributed by atoms with Gasteiger partial charge in [-0.15, -0.1) is 11.3 Å². The number of halogens is 3. The van der Waals surface area contributed by atoms with Crippen molar-refractivity contribution in [2.75, 3.05) is 6.54 Å². The van der Waals surface area contributed by atoms with E-state index in [9.17, 15) is 13.2 Å². The highest BCUT2D eigenvalue weighted by Gasteiger charge is 2.31. The van der Waals surface area contributed by atoms with Crippen molar-refractivity contribution in [1.82, 2.24) is 4.98 Å². The van der Waals surface area contributed by atoms with E-state index in [1.165, 1.54) is 17.4 Å². The minimum atomic E-state index is -4.33. The summed E-state index contributed by atoms with van der Waals surface area (Å²) in [5, 5.41) is 0.812. The first-order chi connectivity index (χ1) is 8.82. The Balaban J connectivity index is 2.46. The lowest BCUT2D eigenvalue weighted by Crippen LogP contribution is -2.17. The SMILES string of the molecule is CC(C)C(CN)c1nc2cc(C(F)(F)F)ccc2s1. The largest absolute Gasteiger partial charge is 0.416 e. The van der Waals surface area contributed by atoms with E-state index in [0.717, 1.165) is 21.8 Å². The van der Waals surface area contributed by atoms with E-state index in [2.05, 4.69) is 4.98 Å². The fourth-order valence-electron chi connectivity index (χ4n) is 1.94. The van der Waals surface area contributed by atoms with E-state index in [4.69, 9.17) is 5.73 Å². The van der Waals surface area contributed by atoms with Crippen LogP contribution >= 0.6 is 11.3 Å². The highest BCUT2D eigenvalue weighted by Crippen LogP contribution is 2.35. The molecule has 19 heavy (non-hydrogen) atoms. The van der Waals surface area contributed by atoms with Crippen molar-refractivity contribution < 1.29 is 13.2 Å². The molecule has 0 spiro atoms. The first-order valence-corrected chi connectivity index (χ1v) is 6.82. The maximum absolute atomic E-state index is 12.6. The van der Waals surface area contributed by atoms with Gasteiger partial charge in [-0.1, -0.05) is 13.8 Å². The number of nitrogens with two attached hydrogens (primary N) is 1. The normalized spacial score (nSPS) is 14.3. The quantitative estimate of drug-likeness (QED) is 0.926. The van der Waals surface area contributed by atoms with E-state index in [1.54, 1.807) is 0 Å². The minimum absolute atomic E-state index is 0.0896. The molecule has 1 aromatic carbocycles. The molecule has 0 bridgehead atoms. The maximum Gasteiger partial charge on any atom is 0.416 e. The van der Waals surface area contributed by atoms with Gasteiger partial charge in [0.25, 0.3) is 0 Å². The van der Waals surface area contributed by atoms with Crippen molar-refractivity contribution >= 4 is 21.6 Å². The Morgan fingerprint density at radius 1 is 1.32 bits per heavy atom. The summed E-state index contributed by atoms with van der Waals surface area (Å²) in [5.41, 5.74) is 5.45. The lowest BCUT2D eigenvalue weighted by molar-refractivity contribution is -0.137. The summed E-state index contributed by atoms with van der Waals surface area (Å²) >= 11 is 1.42. The second-order valence-electron chi connectivity index (χ2n) is 4.82. The Morgan fingerprint density at radius 3 is 2.53 bits per heavy atom. The van der Waals surface area contributed by atoms with Crippen LogP contribution < -0.4 is 5.73 Å². The summed E-state index contributed by atoms with van der Waals surface area (Å²) in [5.74, 6) is 0.402. The summed E-state index contributed by atoms with van der Waals surface area (Å²) in [6.45, 7) is 4.51. The molecule has 0 fully saturated rings. The van der Waals surface area contributed by atoms with Crippen LogP contribution in [0.15, 0.2) is 18.2 Å². The summed E-state index contributed by atoms with van der Waals surface area (Å²) in [6, 6.07) is 3.67. The van der Waals surface area contributed by atoms with Crippen LogP contribution in [0.4, 0.5) is 13.2 Å². The third kappa shape index (κ3) is 2.90. The van der Waals surface area contributed by atoms with Crippen LogP contribution in [-0.4, -0.2) is 11.5 Å². The highest BCUT2D eigenvalue weighted by atomic mass is 32.1. The highest BCUT2D eigenvalue weighted by molar-refractivity contribution is 7.18. The molecule has 0 aliphatic carbocycles. The zero-order valence-electron chi connectivity index (χ0n) is 10.7. The van der Waals surface area contributed by atoms with Crippen LogP contribution in [0.2, 0.25) is 0 Å². The van der Waals surface area contributed by atoms with Crippen molar-refractivity contribution in [2.24, 2.45) is 11.7 Å². The molecule has 104 valence electrons. The molecule has 2 N–H and O–H groups in total. The summed E-state index contributed by atoms with van der Waals surface area (Å²) < 4.78 is 38.7. The van der Waals surface area contributed by atoms with Gasteiger partial charge < -0.3 is 5.73 Å². The van der Waals surface area contributed by atoms with Crippen LogP contribution in [0.1, 0.15) is 30.3 Å². The smallest absolute Gasteiger partial charge is 0.330 e. The fraction of sp³-hybridized carbons (Fsp3) is 0.462. The van der Waals surface area contributed by atoms with Crippen LogP contribution in [0.25, 0.3) is 10.2 Å². The molecule has 2 aromatic rings. The lowest BCUT2D eigenvalue weighted by atomic mass is 9.97. The summed E-state index contributed by atoms with van der Waals surface area (Å²) in [4.78, 5) is 4.32. The van der Waals surface area contributed by atoms with Gasteiger partial charge in [0.2, 0.25) is 0 Å². The standard InChI is InChI=1S/C13H15F3N2S/c1-7(2)9(6-17)12-18-10-5-8(13(14,15)16)3-4-11(10)19-12/h3-5,7,9H,6,17H2,1-2H3. The van der Waals surface area contributed by atoms with Crippen molar-refractivity contribution in [2.45, 2.75) is 25.9 Å². The zero-order valence-corrected chi connectivity index (χ0v) is 11.5. The minimum Gasteiger partial charge on any atom is -0.330 e. The Kier molecular flexibility index (Phi) is 3.82. The van der Waals surface area contributed by atoms with E-state index in [0.29, 0.717) is 18.0 Å². The number of benzene rings is 1. The fourth-order valence-corrected chi connectivity index (χ4v) is 3.17. The van der Waals surface area contributed by atoms with E-state index in [-0.39, 0.29) is 5.92 Å². The van der Waals surface area contributed by atoms with Gasteiger partial charge in [0.1, 0.15) is 0 Å². The molecule has 2 nitrogen and oxygen atoms in total. The monoisotopic (exact) mass is 288 g/mol. The Hall–Kier alpha value is -1.14. The molecule has 2 rings (SSSR count). The van der Waals surface area contributed by atoms with E-state index >= 15 is 0 Å². The summed E-state index contributed by atoms with van der Waals surface area (Å²) in [7, 11) is 0. The number of fused-ring (bicyclic) bond motifs is 1. The van der Waals surface area contributed by atoms with Gasteiger partial charge in [-0.3, -0.25) is 0 Å². The molecule has 0 aliphatic heterocycles. The van der Waals surface area contributed by atoms with Crippen molar-refractivity contribution in [3.05, 3.63) is 28.8 Å². The first-order valence-electron chi connectivity index (χ1n) is 6.00. The molecule has 0 aliphatic rings. The Bertz CT molecular complexity index is 575. The number of thiazole rings is 1. The van der Waals surface area contributed by atoms with Crippen molar-refractivity contribution in [3.8, 4) is 0 Å². The average molecular weight is 288 g/mol. The molecular formula is C13H15F3N2S. The van der Waals surface area contributed by atoms with E-state index in [1.807, 2.05) is 13.8 Å². The van der Waals surface area contributed by atoms with Gasteiger partial charge >= 0.3 is 6.18 Å². The number of nitrogens with zero attached hydrogens (tertiary/aromatic N) is 1. The first kappa shape index (κ1) is 14.3. The van der Waals surface area contributed by atoms with Crippen molar-refractivity contribution in [3.63, 3.8) is 0 Å². The van der Waals surface area contributed by atoms with E-state index < -0.39 is 11.7 Å². The molecule has 1 heterocycles. The van der Waals surface area contributed by atoms with Crippen LogP contribution in [0, 0.1) is 5.92 Å². The second-order valence-corrected chi connectivity index (χ2v) is 5.88. The molecule has 1 unspecified atom stereocenters. The third-order valence-electron chi connectivity index (χ3n) is 3.11. The number of hydrogen-bond donors (Lipinski definition) is 1. The van der Waals surface area contributed by atoms with Crippen molar-refractivity contribution in [1.29, 1.82) is 0 Å². The molecule has 6 heteroatoms. The maximum atomic E-state index is 12.6.